The number of rotatable bonds is 4. The number of amides is 2. The number of furan rings is 1. The van der Waals surface area contributed by atoms with Crippen LogP contribution in [0.5, 0.6) is 0 Å². The molecule has 0 aliphatic rings. The van der Waals surface area contributed by atoms with Crippen LogP contribution in [0.15, 0.2) is 45.9 Å². The summed E-state index contributed by atoms with van der Waals surface area (Å²) in [6, 6.07) is 8.42. The minimum atomic E-state index is -3.82. The Kier molecular flexibility index (Phi) is 4.52. The van der Waals surface area contributed by atoms with Crippen molar-refractivity contribution in [2.75, 3.05) is 17.7 Å². The predicted molar refractivity (Wildman–Crippen MR) is 83.3 cm³/mol. The maximum absolute atomic E-state index is 12.5. The highest BCUT2D eigenvalue weighted by Gasteiger charge is 2.26. The monoisotopic (exact) mass is 337 g/mol. The van der Waals surface area contributed by atoms with Gasteiger partial charge >= 0.3 is 5.91 Å². The number of sulfonamides is 1. The highest BCUT2D eigenvalue weighted by molar-refractivity contribution is 7.89. The molecule has 0 spiro atoms. The van der Waals surface area contributed by atoms with Crippen molar-refractivity contribution >= 4 is 33.2 Å². The van der Waals surface area contributed by atoms with Gasteiger partial charge in [-0.05, 0) is 43.4 Å². The number of imide groups is 1. The topological polar surface area (TPSA) is 123 Å². The van der Waals surface area contributed by atoms with Gasteiger partial charge in [-0.3, -0.25) is 9.59 Å². The van der Waals surface area contributed by atoms with Gasteiger partial charge in [-0.1, -0.05) is 0 Å². The van der Waals surface area contributed by atoms with Gasteiger partial charge in [0.25, 0.3) is 10.0 Å². The van der Waals surface area contributed by atoms with Gasteiger partial charge in [0.15, 0.2) is 5.76 Å². The molecule has 23 heavy (non-hydrogen) atoms. The Hall–Kier alpha value is -2.65. The van der Waals surface area contributed by atoms with Crippen molar-refractivity contribution in [2.24, 2.45) is 0 Å². The second-order valence-corrected chi connectivity index (χ2v) is 6.39. The lowest BCUT2D eigenvalue weighted by atomic mass is 10.2. The van der Waals surface area contributed by atoms with Crippen molar-refractivity contribution in [1.29, 1.82) is 0 Å². The molecule has 2 aromatic rings. The average Bonchev–Trinajstić information content (AvgIpc) is 3.00. The second-order valence-electron chi connectivity index (χ2n) is 4.58. The highest BCUT2D eigenvalue weighted by Crippen LogP contribution is 2.21. The molecule has 3 N–H and O–H groups in total. The first-order valence-corrected chi connectivity index (χ1v) is 7.98. The van der Waals surface area contributed by atoms with Gasteiger partial charge in [0.1, 0.15) is 0 Å². The van der Waals surface area contributed by atoms with Gasteiger partial charge in [0.2, 0.25) is 11.0 Å². The predicted octanol–water partition coefficient (Wildman–Crippen LogP) is 0.963. The quantitative estimate of drug-likeness (QED) is 0.801. The molecule has 0 aliphatic carbocycles. The van der Waals surface area contributed by atoms with Gasteiger partial charge in [-0.15, -0.1) is 0 Å². The van der Waals surface area contributed by atoms with Crippen LogP contribution in [0.4, 0.5) is 11.4 Å². The molecule has 0 fully saturated rings. The molecule has 0 unspecified atom stereocenters. The van der Waals surface area contributed by atoms with Crippen molar-refractivity contribution < 1.29 is 22.4 Å². The van der Waals surface area contributed by atoms with Gasteiger partial charge in [0, 0.05) is 12.6 Å². The smallest absolute Gasteiger partial charge is 0.300 e. The Morgan fingerprint density at radius 1 is 1.13 bits per heavy atom. The number of hydrogen-bond donors (Lipinski definition) is 2. The van der Waals surface area contributed by atoms with Gasteiger partial charge in [-0.25, -0.2) is 18.0 Å². The third-order valence-corrected chi connectivity index (χ3v) is 4.28. The summed E-state index contributed by atoms with van der Waals surface area (Å²) in [5.74, 6) is -1.60. The number of anilines is 2. The lowest BCUT2D eigenvalue weighted by molar-refractivity contribution is -0.116. The van der Waals surface area contributed by atoms with Crippen molar-refractivity contribution in [3.05, 3.63) is 42.2 Å². The Morgan fingerprint density at radius 2 is 1.74 bits per heavy atom. The SMILES string of the molecule is CNS(=O)(=O)c1ccc(C(=O)N(C(C)=O)c2ccc(N)cc2)o1. The molecule has 0 saturated carbocycles. The molecule has 0 saturated heterocycles. The number of nitrogens with zero attached hydrogens (tertiary/aromatic N) is 1. The zero-order valence-electron chi connectivity index (χ0n) is 12.4. The third-order valence-electron chi connectivity index (χ3n) is 2.99. The van der Waals surface area contributed by atoms with E-state index in [2.05, 4.69) is 4.72 Å². The fourth-order valence-corrected chi connectivity index (χ4v) is 2.50. The minimum absolute atomic E-state index is 0.272. The zero-order valence-corrected chi connectivity index (χ0v) is 13.3. The first-order chi connectivity index (χ1) is 10.8. The molecule has 9 heteroatoms. The standard InChI is InChI=1S/C14H15N3O5S/c1-9(18)17(11-5-3-10(15)4-6-11)14(19)12-7-8-13(22-12)23(20,21)16-2/h3-8,16H,15H2,1-2H3. The lowest BCUT2D eigenvalue weighted by Crippen LogP contribution is -2.35. The Balaban J connectivity index is 2.40. The molecule has 8 nitrogen and oxygen atoms in total. The molecule has 2 rings (SSSR count). The summed E-state index contributed by atoms with van der Waals surface area (Å²) in [7, 11) is -2.60. The molecule has 1 aromatic carbocycles. The van der Waals surface area contributed by atoms with E-state index in [4.69, 9.17) is 10.2 Å². The second kappa shape index (κ2) is 6.23. The number of nitrogen functional groups attached to an aromatic ring is 1. The molecule has 1 heterocycles. The van der Waals surface area contributed by atoms with Crippen molar-refractivity contribution in [3.8, 4) is 0 Å². The summed E-state index contributed by atoms with van der Waals surface area (Å²) < 4.78 is 30.4. The van der Waals surface area contributed by atoms with Crippen LogP contribution in [0.1, 0.15) is 17.5 Å². The van der Waals surface area contributed by atoms with Crippen LogP contribution in [-0.4, -0.2) is 27.3 Å². The molecule has 2 amide bonds. The van der Waals surface area contributed by atoms with E-state index in [1.54, 1.807) is 0 Å². The largest absolute Gasteiger partial charge is 0.438 e. The van der Waals surface area contributed by atoms with E-state index in [1.165, 1.54) is 44.3 Å². The first kappa shape index (κ1) is 16.7. The Morgan fingerprint density at radius 3 is 2.26 bits per heavy atom. The highest BCUT2D eigenvalue weighted by atomic mass is 32.2. The molecule has 0 atom stereocenters. The molecule has 0 aliphatic heterocycles. The lowest BCUT2D eigenvalue weighted by Gasteiger charge is -2.18. The zero-order chi connectivity index (χ0) is 17.2. The molecule has 122 valence electrons. The molecule has 0 bridgehead atoms. The summed E-state index contributed by atoms with van der Waals surface area (Å²) in [6.07, 6.45) is 0. The minimum Gasteiger partial charge on any atom is -0.438 e. The van der Waals surface area contributed by atoms with Gasteiger partial charge < -0.3 is 10.2 Å². The van der Waals surface area contributed by atoms with E-state index < -0.39 is 26.9 Å². The van der Waals surface area contributed by atoms with Crippen LogP contribution in [0, 0.1) is 0 Å². The molecular weight excluding hydrogens is 322 g/mol. The number of carbonyl (C=O) groups is 2. The summed E-state index contributed by atoms with van der Waals surface area (Å²) in [5.41, 5.74) is 6.35. The number of nitrogens with two attached hydrogens (primary N) is 1. The van der Waals surface area contributed by atoms with Crippen LogP contribution >= 0.6 is 0 Å². The molecule has 1 aromatic heterocycles. The normalized spacial score (nSPS) is 11.2. The number of nitrogens with one attached hydrogen (secondary N) is 1. The average molecular weight is 337 g/mol. The molecule has 0 radical (unpaired) electrons. The van der Waals surface area contributed by atoms with E-state index in [-0.39, 0.29) is 5.76 Å². The number of carbonyl (C=O) groups excluding carboxylic acids is 2. The van der Waals surface area contributed by atoms with E-state index in [0.29, 0.717) is 11.4 Å². The molecular formula is C14H15N3O5S. The van der Waals surface area contributed by atoms with Crippen LogP contribution in [0.2, 0.25) is 0 Å². The third kappa shape index (κ3) is 3.41. The summed E-state index contributed by atoms with van der Waals surface area (Å²) in [6.45, 7) is 1.21. The van der Waals surface area contributed by atoms with E-state index in [9.17, 15) is 18.0 Å². The first-order valence-electron chi connectivity index (χ1n) is 6.50. The fourth-order valence-electron chi connectivity index (χ4n) is 1.86. The van der Waals surface area contributed by atoms with E-state index in [1.807, 2.05) is 0 Å². The van der Waals surface area contributed by atoms with Crippen LogP contribution in [-0.2, 0) is 14.8 Å². The fraction of sp³-hybridized carbons (Fsp3) is 0.143. The number of hydrogen-bond acceptors (Lipinski definition) is 6. The Labute approximate surface area is 132 Å². The van der Waals surface area contributed by atoms with Crippen LogP contribution < -0.4 is 15.4 Å². The number of benzene rings is 1. The van der Waals surface area contributed by atoms with Crippen LogP contribution in [0.25, 0.3) is 0 Å². The van der Waals surface area contributed by atoms with E-state index >= 15 is 0 Å². The van der Waals surface area contributed by atoms with Gasteiger partial charge in [-0.2, -0.15) is 0 Å². The Bertz CT molecular complexity index is 840. The van der Waals surface area contributed by atoms with Crippen molar-refractivity contribution in [2.45, 2.75) is 12.0 Å². The summed E-state index contributed by atoms with van der Waals surface area (Å²) >= 11 is 0. The van der Waals surface area contributed by atoms with Crippen molar-refractivity contribution in [3.63, 3.8) is 0 Å². The maximum Gasteiger partial charge on any atom is 0.300 e. The maximum atomic E-state index is 12.5. The van der Waals surface area contributed by atoms with Gasteiger partial charge in [0.05, 0.1) is 5.69 Å². The van der Waals surface area contributed by atoms with Crippen LogP contribution in [0.3, 0.4) is 0 Å². The summed E-state index contributed by atoms with van der Waals surface area (Å²) in [4.78, 5) is 25.1. The summed E-state index contributed by atoms with van der Waals surface area (Å²) in [5, 5.41) is -0.413. The van der Waals surface area contributed by atoms with Crippen molar-refractivity contribution in [1.82, 2.24) is 4.72 Å². The van der Waals surface area contributed by atoms with E-state index in [0.717, 1.165) is 11.0 Å².